The Kier molecular flexibility index (Phi) is 2.86. The van der Waals surface area contributed by atoms with Gasteiger partial charge in [0.25, 0.3) is 5.69 Å². The monoisotopic (exact) mass is 218 g/mol. The Morgan fingerprint density at radius 1 is 1.25 bits per heavy atom. The highest BCUT2D eigenvalue weighted by molar-refractivity contribution is 5.48. The van der Waals surface area contributed by atoms with E-state index in [4.69, 9.17) is 4.42 Å². The van der Waals surface area contributed by atoms with E-state index in [1.54, 1.807) is 18.4 Å². The van der Waals surface area contributed by atoms with Gasteiger partial charge in [0, 0.05) is 17.8 Å². The van der Waals surface area contributed by atoms with Gasteiger partial charge in [-0.15, -0.1) is 0 Å². The summed E-state index contributed by atoms with van der Waals surface area (Å²) >= 11 is 0. The summed E-state index contributed by atoms with van der Waals surface area (Å²) < 4.78 is 5.15. The largest absolute Gasteiger partial charge is 0.467 e. The summed E-state index contributed by atoms with van der Waals surface area (Å²) in [5.41, 5.74) is 0.908. The maximum atomic E-state index is 10.4. The first-order valence-electron chi connectivity index (χ1n) is 4.76. The van der Waals surface area contributed by atoms with Crippen molar-refractivity contribution in [2.45, 2.75) is 6.54 Å². The van der Waals surface area contributed by atoms with Gasteiger partial charge in [0.15, 0.2) is 0 Å². The molecule has 16 heavy (non-hydrogen) atoms. The standard InChI is InChI=1S/C11H10N2O3/c14-13(15)10-5-3-9(4-6-10)12-8-11-2-1-7-16-11/h1-7,12H,8H2. The Hall–Kier alpha value is -2.30. The van der Waals surface area contributed by atoms with Crippen molar-refractivity contribution in [3.05, 3.63) is 58.5 Å². The van der Waals surface area contributed by atoms with Crippen LogP contribution in [0.2, 0.25) is 0 Å². The summed E-state index contributed by atoms with van der Waals surface area (Å²) in [7, 11) is 0. The number of nitrogens with one attached hydrogen (secondary N) is 1. The highest BCUT2D eigenvalue weighted by atomic mass is 16.6. The van der Waals surface area contributed by atoms with Crippen molar-refractivity contribution in [3.8, 4) is 0 Å². The van der Waals surface area contributed by atoms with Crippen LogP contribution in [0.1, 0.15) is 5.76 Å². The minimum atomic E-state index is -0.420. The smallest absolute Gasteiger partial charge is 0.269 e. The fourth-order valence-corrected chi connectivity index (χ4v) is 1.30. The molecule has 0 aliphatic carbocycles. The minimum Gasteiger partial charge on any atom is -0.467 e. The molecule has 2 rings (SSSR count). The van der Waals surface area contributed by atoms with Gasteiger partial charge in [-0.1, -0.05) is 0 Å². The van der Waals surface area contributed by atoms with Crippen molar-refractivity contribution >= 4 is 11.4 Å². The molecule has 5 heteroatoms. The molecular weight excluding hydrogens is 208 g/mol. The van der Waals surface area contributed by atoms with E-state index >= 15 is 0 Å². The predicted molar refractivity (Wildman–Crippen MR) is 59.1 cm³/mol. The molecule has 0 aliphatic heterocycles. The number of anilines is 1. The van der Waals surface area contributed by atoms with Crippen LogP contribution in [-0.4, -0.2) is 4.92 Å². The molecule has 0 bridgehead atoms. The number of rotatable bonds is 4. The topological polar surface area (TPSA) is 68.3 Å². The fourth-order valence-electron chi connectivity index (χ4n) is 1.30. The quantitative estimate of drug-likeness (QED) is 0.632. The molecule has 0 atom stereocenters. The van der Waals surface area contributed by atoms with Gasteiger partial charge in [-0.2, -0.15) is 0 Å². The van der Waals surface area contributed by atoms with E-state index in [-0.39, 0.29) is 5.69 Å². The second kappa shape index (κ2) is 4.48. The van der Waals surface area contributed by atoms with E-state index in [9.17, 15) is 10.1 Å². The molecule has 1 N–H and O–H groups in total. The van der Waals surface area contributed by atoms with Crippen molar-refractivity contribution < 1.29 is 9.34 Å². The summed E-state index contributed by atoms with van der Waals surface area (Å²) in [4.78, 5) is 10.0. The van der Waals surface area contributed by atoms with E-state index in [0.717, 1.165) is 11.4 Å². The van der Waals surface area contributed by atoms with Crippen molar-refractivity contribution in [1.82, 2.24) is 0 Å². The molecule has 0 amide bonds. The summed E-state index contributed by atoms with van der Waals surface area (Å²) in [5.74, 6) is 0.818. The predicted octanol–water partition coefficient (Wildman–Crippen LogP) is 2.80. The Morgan fingerprint density at radius 3 is 2.56 bits per heavy atom. The first kappa shape index (κ1) is 10.2. The molecule has 0 fully saturated rings. The van der Waals surface area contributed by atoms with Crippen LogP contribution in [-0.2, 0) is 6.54 Å². The normalized spacial score (nSPS) is 10.0. The lowest BCUT2D eigenvalue weighted by Gasteiger charge is -2.03. The molecular formula is C11H10N2O3. The summed E-state index contributed by atoms with van der Waals surface area (Å²) in [6.07, 6.45) is 1.60. The third-order valence-corrected chi connectivity index (χ3v) is 2.12. The number of non-ortho nitro benzene ring substituents is 1. The zero-order chi connectivity index (χ0) is 11.4. The van der Waals surface area contributed by atoms with Crippen LogP contribution in [0.4, 0.5) is 11.4 Å². The summed E-state index contributed by atoms with van der Waals surface area (Å²) in [5, 5.41) is 13.5. The van der Waals surface area contributed by atoms with Gasteiger partial charge >= 0.3 is 0 Å². The van der Waals surface area contributed by atoms with Crippen molar-refractivity contribution in [1.29, 1.82) is 0 Å². The third kappa shape index (κ3) is 2.38. The Labute approximate surface area is 91.9 Å². The Bertz CT molecular complexity index is 462. The molecule has 2 aromatic rings. The van der Waals surface area contributed by atoms with Crippen molar-refractivity contribution in [2.75, 3.05) is 5.32 Å². The van der Waals surface area contributed by atoms with E-state index < -0.39 is 4.92 Å². The first-order chi connectivity index (χ1) is 7.75. The second-order valence-electron chi connectivity index (χ2n) is 3.24. The number of hydrogen-bond donors (Lipinski definition) is 1. The highest BCUT2D eigenvalue weighted by Gasteiger charge is 2.03. The van der Waals surface area contributed by atoms with Crippen LogP contribution in [0.15, 0.2) is 47.1 Å². The average molecular weight is 218 g/mol. The fraction of sp³-hybridized carbons (Fsp3) is 0.0909. The van der Waals surface area contributed by atoms with Gasteiger partial charge < -0.3 is 9.73 Å². The van der Waals surface area contributed by atoms with Crippen LogP contribution in [0.3, 0.4) is 0 Å². The molecule has 0 aliphatic rings. The van der Waals surface area contributed by atoms with Crippen LogP contribution in [0, 0.1) is 10.1 Å². The number of nitro benzene ring substituents is 1. The number of hydrogen-bond acceptors (Lipinski definition) is 4. The van der Waals surface area contributed by atoms with Gasteiger partial charge in [0.2, 0.25) is 0 Å². The molecule has 1 heterocycles. The molecule has 5 nitrogen and oxygen atoms in total. The minimum absolute atomic E-state index is 0.0866. The summed E-state index contributed by atoms with van der Waals surface area (Å²) in [6, 6.07) is 9.93. The zero-order valence-corrected chi connectivity index (χ0v) is 8.42. The zero-order valence-electron chi connectivity index (χ0n) is 8.42. The first-order valence-corrected chi connectivity index (χ1v) is 4.76. The molecule has 0 unspecified atom stereocenters. The molecule has 1 aromatic carbocycles. The molecule has 0 saturated carbocycles. The molecule has 0 saturated heterocycles. The average Bonchev–Trinajstić information content (AvgIpc) is 2.80. The van der Waals surface area contributed by atoms with E-state index in [1.165, 1.54) is 12.1 Å². The van der Waals surface area contributed by atoms with Gasteiger partial charge in [-0.25, -0.2) is 0 Å². The number of nitrogens with zero attached hydrogens (tertiary/aromatic N) is 1. The van der Waals surface area contributed by atoms with E-state index in [0.29, 0.717) is 6.54 Å². The van der Waals surface area contributed by atoms with Crippen LogP contribution >= 0.6 is 0 Å². The molecule has 1 aromatic heterocycles. The van der Waals surface area contributed by atoms with Gasteiger partial charge in [-0.3, -0.25) is 10.1 Å². The third-order valence-electron chi connectivity index (χ3n) is 2.12. The van der Waals surface area contributed by atoms with Crippen molar-refractivity contribution in [2.24, 2.45) is 0 Å². The number of benzene rings is 1. The lowest BCUT2D eigenvalue weighted by molar-refractivity contribution is -0.384. The highest BCUT2D eigenvalue weighted by Crippen LogP contribution is 2.16. The molecule has 0 spiro atoms. The van der Waals surface area contributed by atoms with E-state index in [1.807, 2.05) is 12.1 Å². The SMILES string of the molecule is O=[N+]([O-])c1ccc(NCc2ccco2)cc1. The van der Waals surface area contributed by atoms with Crippen molar-refractivity contribution in [3.63, 3.8) is 0 Å². The summed E-state index contributed by atoms with van der Waals surface area (Å²) in [6.45, 7) is 0.560. The lowest BCUT2D eigenvalue weighted by atomic mass is 10.3. The number of furan rings is 1. The molecule has 0 radical (unpaired) electrons. The van der Waals surface area contributed by atoms with Crippen LogP contribution < -0.4 is 5.32 Å². The van der Waals surface area contributed by atoms with Crippen LogP contribution in [0.25, 0.3) is 0 Å². The maximum Gasteiger partial charge on any atom is 0.269 e. The maximum absolute atomic E-state index is 10.4. The van der Waals surface area contributed by atoms with Crippen LogP contribution in [0.5, 0.6) is 0 Å². The van der Waals surface area contributed by atoms with Gasteiger partial charge in [0.05, 0.1) is 17.7 Å². The second-order valence-corrected chi connectivity index (χ2v) is 3.24. The molecule has 82 valence electrons. The van der Waals surface area contributed by atoms with E-state index in [2.05, 4.69) is 5.32 Å². The Morgan fingerprint density at radius 2 is 2.00 bits per heavy atom. The lowest BCUT2D eigenvalue weighted by Crippen LogP contribution is -1.98. The Balaban J connectivity index is 1.98. The van der Waals surface area contributed by atoms with Gasteiger partial charge in [0.1, 0.15) is 5.76 Å². The van der Waals surface area contributed by atoms with Gasteiger partial charge in [-0.05, 0) is 24.3 Å². The number of nitro groups is 1.